The number of carbonyl (C=O) groups is 4. The summed E-state index contributed by atoms with van der Waals surface area (Å²) >= 11 is 0. The summed E-state index contributed by atoms with van der Waals surface area (Å²) in [5.41, 5.74) is 4.36. The van der Waals surface area contributed by atoms with E-state index in [1.165, 1.54) is 4.90 Å². The number of benzene rings is 2. The van der Waals surface area contributed by atoms with Crippen molar-refractivity contribution in [2.75, 3.05) is 5.32 Å². The summed E-state index contributed by atoms with van der Waals surface area (Å²) in [6.45, 7) is 4.14. The maximum absolute atomic E-state index is 12.9. The standard InChI is InChI=1S/C22H21N3O4/c1-12-6-7-14(10-13(12)2)20(27)23-17-5-3-4-15-16(17)11-25(22(15)29)18-8-9-19(26)24-21(18)28/h3-7,10,18H,8-9,11H2,1-2H3,(H,23,27)(H,24,26,28). The minimum Gasteiger partial charge on any atom is -0.322 e. The van der Waals surface area contributed by atoms with Crippen molar-refractivity contribution in [1.82, 2.24) is 10.2 Å². The van der Waals surface area contributed by atoms with Crippen LogP contribution < -0.4 is 10.6 Å². The Morgan fingerprint density at radius 2 is 1.90 bits per heavy atom. The summed E-state index contributed by atoms with van der Waals surface area (Å²) < 4.78 is 0. The van der Waals surface area contributed by atoms with Gasteiger partial charge in [-0.25, -0.2) is 0 Å². The van der Waals surface area contributed by atoms with Gasteiger partial charge in [-0.15, -0.1) is 0 Å². The number of anilines is 1. The molecule has 7 nitrogen and oxygen atoms in total. The predicted octanol–water partition coefficient (Wildman–Crippen LogP) is 2.32. The molecular weight excluding hydrogens is 370 g/mol. The molecule has 0 aromatic heterocycles. The maximum atomic E-state index is 12.9. The lowest BCUT2D eigenvalue weighted by Gasteiger charge is -2.29. The number of imide groups is 1. The van der Waals surface area contributed by atoms with Gasteiger partial charge in [0, 0.05) is 35.3 Å². The number of rotatable bonds is 3. The van der Waals surface area contributed by atoms with Gasteiger partial charge in [-0.05, 0) is 55.7 Å². The molecule has 0 aliphatic carbocycles. The first-order valence-electron chi connectivity index (χ1n) is 9.50. The van der Waals surface area contributed by atoms with Crippen LogP contribution in [0.15, 0.2) is 36.4 Å². The Bertz CT molecular complexity index is 1060. The number of carbonyl (C=O) groups excluding carboxylic acids is 4. The number of nitrogens with one attached hydrogen (secondary N) is 2. The molecular formula is C22H21N3O4. The molecule has 1 fully saturated rings. The summed E-state index contributed by atoms with van der Waals surface area (Å²) in [4.78, 5) is 50.7. The lowest BCUT2D eigenvalue weighted by Crippen LogP contribution is -2.52. The van der Waals surface area contributed by atoms with Crippen LogP contribution in [-0.2, 0) is 16.1 Å². The predicted molar refractivity (Wildman–Crippen MR) is 106 cm³/mol. The highest BCUT2D eigenvalue weighted by Crippen LogP contribution is 2.32. The molecule has 2 aromatic carbocycles. The van der Waals surface area contributed by atoms with Crippen molar-refractivity contribution in [3.63, 3.8) is 0 Å². The van der Waals surface area contributed by atoms with E-state index < -0.39 is 11.9 Å². The van der Waals surface area contributed by atoms with Gasteiger partial charge in [0.1, 0.15) is 6.04 Å². The third-order valence-corrected chi connectivity index (χ3v) is 5.60. The van der Waals surface area contributed by atoms with Crippen molar-refractivity contribution < 1.29 is 19.2 Å². The average Bonchev–Trinajstić information content (AvgIpc) is 3.02. The molecule has 0 saturated carbocycles. The second-order valence-electron chi connectivity index (χ2n) is 7.48. The number of piperidine rings is 1. The maximum Gasteiger partial charge on any atom is 0.255 e. The summed E-state index contributed by atoms with van der Waals surface area (Å²) in [5.74, 6) is -1.30. The van der Waals surface area contributed by atoms with E-state index in [-0.39, 0.29) is 30.7 Å². The van der Waals surface area contributed by atoms with Crippen LogP contribution in [0.1, 0.15) is 50.2 Å². The Labute approximate surface area is 168 Å². The van der Waals surface area contributed by atoms with E-state index in [2.05, 4.69) is 10.6 Å². The number of nitrogens with zero attached hydrogens (tertiary/aromatic N) is 1. The number of hydrogen-bond donors (Lipinski definition) is 2. The smallest absolute Gasteiger partial charge is 0.255 e. The quantitative estimate of drug-likeness (QED) is 0.785. The van der Waals surface area contributed by atoms with E-state index >= 15 is 0 Å². The zero-order valence-electron chi connectivity index (χ0n) is 16.2. The van der Waals surface area contributed by atoms with Crippen molar-refractivity contribution in [2.45, 2.75) is 39.3 Å². The lowest BCUT2D eigenvalue weighted by molar-refractivity contribution is -0.136. The Balaban J connectivity index is 1.58. The van der Waals surface area contributed by atoms with Gasteiger partial charge in [-0.1, -0.05) is 12.1 Å². The van der Waals surface area contributed by atoms with Crippen LogP contribution in [0.25, 0.3) is 0 Å². The average molecular weight is 391 g/mol. The minimum absolute atomic E-state index is 0.201. The summed E-state index contributed by atoms with van der Waals surface area (Å²) in [6, 6.07) is 9.95. The third-order valence-electron chi connectivity index (χ3n) is 5.60. The number of amides is 4. The molecule has 2 aromatic rings. The van der Waals surface area contributed by atoms with E-state index in [1.54, 1.807) is 24.3 Å². The molecule has 0 radical (unpaired) electrons. The second-order valence-corrected chi connectivity index (χ2v) is 7.48. The van der Waals surface area contributed by atoms with Crippen LogP contribution in [0.5, 0.6) is 0 Å². The summed E-state index contributed by atoms with van der Waals surface area (Å²) in [5, 5.41) is 5.19. The van der Waals surface area contributed by atoms with Gasteiger partial charge in [-0.2, -0.15) is 0 Å². The molecule has 1 saturated heterocycles. The van der Waals surface area contributed by atoms with E-state index in [1.807, 2.05) is 26.0 Å². The molecule has 0 spiro atoms. The molecule has 2 N–H and O–H groups in total. The SMILES string of the molecule is Cc1ccc(C(=O)Nc2cccc3c2CN(C2CCC(=O)NC2=O)C3=O)cc1C. The van der Waals surface area contributed by atoms with Gasteiger partial charge < -0.3 is 10.2 Å². The van der Waals surface area contributed by atoms with Gasteiger partial charge >= 0.3 is 0 Å². The molecule has 29 heavy (non-hydrogen) atoms. The van der Waals surface area contributed by atoms with Crippen molar-refractivity contribution in [2.24, 2.45) is 0 Å². The fourth-order valence-electron chi connectivity index (χ4n) is 3.78. The van der Waals surface area contributed by atoms with Crippen LogP contribution in [0.3, 0.4) is 0 Å². The largest absolute Gasteiger partial charge is 0.322 e. The lowest BCUT2D eigenvalue weighted by atomic mass is 10.0. The van der Waals surface area contributed by atoms with Crippen LogP contribution in [0.4, 0.5) is 5.69 Å². The number of aryl methyl sites for hydroxylation is 2. The highest BCUT2D eigenvalue weighted by Gasteiger charge is 2.39. The fraction of sp³-hybridized carbons (Fsp3) is 0.273. The van der Waals surface area contributed by atoms with E-state index in [9.17, 15) is 19.2 Å². The molecule has 1 atom stereocenters. The summed E-state index contributed by atoms with van der Waals surface area (Å²) in [7, 11) is 0. The second kappa shape index (κ2) is 7.16. The van der Waals surface area contributed by atoms with Crippen LogP contribution >= 0.6 is 0 Å². The number of fused-ring (bicyclic) bond motifs is 1. The monoisotopic (exact) mass is 391 g/mol. The van der Waals surface area contributed by atoms with Gasteiger partial charge in [-0.3, -0.25) is 24.5 Å². The molecule has 2 heterocycles. The molecule has 4 amide bonds. The van der Waals surface area contributed by atoms with E-state index in [0.717, 1.165) is 11.1 Å². The third kappa shape index (κ3) is 3.40. The zero-order chi connectivity index (χ0) is 20.7. The van der Waals surface area contributed by atoms with Gasteiger partial charge in [0.25, 0.3) is 11.8 Å². The van der Waals surface area contributed by atoms with Crippen molar-refractivity contribution in [1.29, 1.82) is 0 Å². The molecule has 4 rings (SSSR count). The fourth-order valence-corrected chi connectivity index (χ4v) is 3.78. The van der Waals surface area contributed by atoms with Crippen molar-refractivity contribution in [3.05, 3.63) is 64.2 Å². The molecule has 2 aliphatic heterocycles. The van der Waals surface area contributed by atoms with E-state index in [4.69, 9.17) is 0 Å². The molecule has 0 bridgehead atoms. The molecule has 148 valence electrons. The van der Waals surface area contributed by atoms with Crippen molar-refractivity contribution in [3.8, 4) is 0 Å². The highest BCUT2D eigenvalue weighted by atomic mass is 16.2. The minimum atomic E-state index is -0.684. The molecule has 7 heteroatoms. The van der Waals surface area contributed by atoms with Crippen LogP contribution in [0.2, 0.25) is 0 Å². The topological polar surface area (TPSA) is 95.6 Å². The highest BCUT2D eigenvalue weighted by molar-refractivity contribution is 6.08. The van der Waals surface area contributed by atoms with E-state index in [0.29, 0.717) is 28.8 Å². The van der Waals surface area contributed by atoms with Crippen LogP contribution in [-0.4, -0.2) is 34.6 Å². The van der Waals surface area contributed by atoms with Crippen molar-refractivity contribution >= 4 is 29.3 Å². The summed E-state index contributed by atoms with van der Waals surface area (Å²) in [6.07, 6.45) is 0.502. The first kappa shape index (κ1) is 18.9. The Kier molecular flexibility index (Phi) is 4.66. The van der Waals surface area contributed by atoms with Crippen LogP contribution in [0, 0.1) is 13.8 Å². The first-order valence-corrected chi connectivity index (χ1v) is 9.50. The zero-order valence-corrected chi connectivity index (χ0v) is 16.2. The van der Waals surface area contributed by atoms with Gasteiger partial charge in [0.15, 0.2) is 0 Å². The van der Waals surface area contributed by atoms with Gasteiger partial charge in [0.05, 0.1) is 0 Å². The normalized spacial score (nSPS) is 18.5. The first-order chi connectivity index (χ1) is 13.8. The Morgan fingerprint density at radius 3 is 2.62 bits per heavy atom. The molecule has 2 aliphatic rings. The Hall–Kier alpha value is -3.48. The number of hydrogen-bond acceptors (Lipinski definition) is 4. The molecule has 1 unspecified atom stereocenters. The Morgan fingerprint density at radius 1 is 1.10 bits per heavy atom. The van der Waals surface area contributed by atoms with Gasteiger partial charge in [0.2, 0.25) is 11.8 Å².